The Labute approximate surface area is 148 Å². The summed E-state index contributed by atoms with van der Waals surface area (Å²) >= 11 is 0. The van der Waals surface area contributed by atoms with E-state index in [2.05, 4.69) is 21.6 Å². The van der Waals surface area contributed by atoms with Gasteiger partial charge in [0.05, 0.1) is 5.92 Å². The third kappa shape index (κ3) is 2.88. The number of aromatic amines is 1. The van der Waals surface area contributed by atoms with Gasteiger partial charge >= 0.3 is 6.18 Å². The lowest BCUT2D eigenvalue weighted by Gasteiger charge is -2.37. The molecule has 4 N–H and O–H groups in total. The van der Waals surface area contributed by atoms with Crippen molar-refractivity contribution in [2.45, 2.75) is 49.7 Å². The Morgan fingerprint density at radius 1 is 1.23 bits per heavy atom. The first-order chi connectivity index (χ1) is 12.4. The van der Waals surface area contributed by atoms with Gasteiger partial charge in [0, 0.05) is 30.1 Å². The van der Waals surface area contributed by atoms with Gasteiger partial charge in [0.2, 0.25) is 5.91 Å². The minimum atomic E-state index is -4.47. The van der Waals surface area contributed by atoms with Gasteiger partial charge in [-0.1, -0.05) is 24.3 Å². The van der Waals surface area contributed by atoms with Gasteiger partial charge in [-0.3, -0.25) is 9.89 Å². The van der Waals surface area contributed by atoms with E-state index in [0.717, 1.165) is 18.4 Å². The Morgan fingerprint density at radius 2 is 2.00 bits per heavy atom. The second kappa shape index (κ2) is 6.12. The van der Waals surface area contributed by atoms with Crippen molar-refractivity contribution in [3.63, 3.8) is 0 Å². The van der Waals surface area contributed by atoms with E-state index in [1.807, 2.05) is 18.2 Å². The first-order valence-corrected chi connectivity index (χ1v) is 8.60. The summed E-state index contributed by atoms with van der Waals surface area (Å²) in [4.78, 5) is 11.6. The Bertz CT molecular complexity index is 839. The summed E-state index contributed by atoms with van der Waals surface area (Å²) in [7, 11) is 0. The van der Waals surface area contributed by atoms with Crippen LogP contribution < -0.4 is 11.1 Å². The van der Waals surface area contributed by atoms with Gasteiger partial charge < -0.3 is 11.1 Å². The quantitative estimate of drug-likeness (QED) is 0.779. The van der Waals surface area contributed by atoms with E-state index < -0.39 is 24.4 Å². The molecule has 1 atom stereocenters. The van der Waals surface area contributed by atoms with Crippen LogP contribution >= 0.6 is 0 Å². The number of nitrogens with one attached hydrogen (secondary N) is 2. The van der Waals surface area contributed by atoms with E-state index in [0.29, 0.717) is 18.2 Å². The molecule has 138 valence electrons. The molecule has 1 saturated carbocycles. The van der Waals surface area contributed by atoms with Crippen molar-refractivity contribution in [1.82, 2.24) is 10.2 Å². The predicted molar refractivity (Wildman–Crippen MR) is 89.7 cm³/mol. The zero-order valence-electron chi connectivity index (χ0n) is 13.9. The first kappa shape index (κ1) is 17.1. The average molecular weight is 364 g/mol. The minimum absolute atomic E-state index is 0.0161. The number of rotatable bonds is 3. The summed E-state index contributed by atoms with van der Waals surface area (Å²) in [6.45, 7) is 0.463. The number of aromatic nitrogens is 2. The summed E-state index contributed by atoms with van der Waals surface area (Å²) in [5.74, 6) is -2.14. The van der Waals surface area contributed by atoms with Crippen LogP contribution in [0.1, 0.15) is 59.4 Å². The number of carbonyl (C=O) groups excluding carboxylic acids is 1. The molecule has 1 amide bonds. The van der Waals surface area contributed by atoms with E-state index in [1.165, 1.54) is 5.56 Å². The van der Waals surface area contributed by atoms with Crippen LogP contribution in [0.3, 0.4) is 0 Å². The molecule has 2 aliphatic rings. The van der Waals surface area contributed by atoms with Crippen LogP contribution in [0.15, 0.2) is 24.3 Å². The maximum absolute atomic E-state index is 13.4. The van der Waals surface area contributed by atoms with E-state index in [4.69, 9.17) is 5.73 Å². The third-order valence-electron chi connectivity index (χ3n) is 5.43. The number of hydrogen-bond donors (Lipinski definition) is 3. The molecule has 8 heteroatoms. The van der Waals surface area contributed by atoms with Crippen molar-refractivity contribution in [1.29, 1.82) is 0 Å². The average Bonchev–Trinajstić information content (AvgIpc) is 2.95. The summed E-state index contributed by atoms with van der Waals surface area (Å²) in [6.07, 6.45) is -3.55. The van der Waals surface area contributed by atoms with Gasteiger partial charge in [0.15, 0.2) is 5.82 Å². The fraction of sp³-hybridized carbons (Fsp3) is 0.444. The monoisotopic (exact) mass is 364 g/mol. The molecule has 1 aromatic carbocycles. The van der Waals surface area contributed by atoms with Gasteiger partial charge in [0.25, 0.3) is 0 Å². The molecule has 5 nitrogen and oxygen atoms in total. The fourth-order valence-corrected chi connectivity index (χ4v) is 3.97. The van der Waals surface area contributed by atoms with Crippen LogP contribution in [0.4, 0.5) is 19.0 Å². The highest BCUT2D eigenvalue weighted by molar-refractivity contribution is 5.94. The molecule has 1 unspecified atom stereocenters. The smallest absolute Gasteiger partial charge is 0.326 e. The number of nitrogens with two attached hydrogens (primary N) is 1. The summed E-state index contributed by atoms with van der Waals surface area (Å²) < 4.78 is 40.3. The summed E-state index contributed by atoms with van der Waals surface area (Å²) in [5, 5.41) is 9.12. The van der Waals surface area contributed by atoms with Crippen LogP contribution in [0.2, 0.25) is 0 Å². The summed E-state index contributed by atoms with van der Waals surface area (Å²) in [6, 6.07) is 8.00. The number of hydrogen-bond acceptors (Lipinski definition) is 3. The highest BCUT2D eigenvalue weighted by atomic mass is 19.4. The van der Waals surface area contributed by atoms with Crippen LogP contribution in [0.5, 0.6) is 0 Å². The van der Waals surface area contributed by atoms with E-state index >= 15 is 0 Å². The number of halogens is 3. The van der Waals surface area contributed by atoms with Crippen LogP contribution in [0, 0.1) is 0 Å². The van der Waals surface area contributed by atoms with Gasteiger partial charge in [-0.2, -0.15) is 18.3 Å². The van der Waals surface area contributed by atoms with Gasteiger partial charge in [-0.15, -0.1) is 0 Å². The molecule has 0 saturated heterocycles. The predicted octanol–water partition coefficient (Wildman–Crippen LogP) is 3.52. The van der Waals surface area contributed by atoms with Gasteiger partial charge in [-0.05, 0) is 29.9 Å². The lowest BCUT2D eigenvalue weighted by atomic mass is 9.68. The van der Waals surface area contributed by atoms with Crippen LogP contribution in [0.25, 0.3) is 0 Å². The zero-order valence-corrected chi connectivity index (χ0v) is 13.9. The Hall–Kier alpha value is -2.35. The van der Waals surface area contributed by atoms with E-state index in [1.54, 1.807) is 0 Å². The second-order valence-electron chi connectivity index (χ2n) is 7.06. The topological polar surface area (TPSA) is 83.8 Å². The number of fused-ring (bicyclic) bond motifs is 1. The van der Waals surface area contributed by atoms with Crippen molar-refractivity contribution in [3.8, 4) is 0 Å². The SMILES string of the molecule is NCc1cccc(C2CC(c3[nH]nc4c3C(C(F)(F)F)CC(=O)N4)C2)c1. The molecule has 1 fully saturated rings. The number of carbonyl (C=O) groups is 1. The molecular weight excluding hydrogens is 345 g/mol. The molecule has 4 rings (SSSR count). The van der Waals surface area contributed by atoms with E-state index in [9.17, 15) is 18.0 Å². The number of anilines is 1. The molecule has 2 aromatic rings. The number of nitrogens with zero attached hydrogens (tertiary/aromatic N) is 1. The second-order valence-corrected chi connectivity index (χ2v) is 7.06. The largest absolute Gasteiger partial charge is 0.396 e. The molecule has 1 aliphatic carbocycles. The fourth-order valence-electron chi connectivity index (χ4n) is 3.97. The Kier molecular flexibility index (Phi) is 4.02. The lowest BCUT2D eigenvalue weighted by molar-refractivity contribution is -0.157. The van der Waals surface area contributed by atoms with Gasteiger partial charge in [-0.25, -0.2) is 0 Å². The summed E-state index contributed by atoms with van der Waals surface area (Å²) in [5.41, 5.74) is 8.50. The number of H-pyrrole nitrogens is 1. The first-order valence-electron chi connectivity index (χ1n) is 8.60. The maximum Gasteiger partial charge on any atom is 0.396 e. The number of alkyl halides is 3. The zero-order chi connectivity index (χ0) is 18.5. The minimum Gasteiger partial charge on any atom is -0.326 e. The molecule has 1 aliphatic heterocycles. The van der Waals surface area contributed by atoms with Crippen molar-refractivity contribution < 1.29 is 18.0 Å². The van der Waals surface area contributed by atoms with Crippen molar-refractivity contribution >= 4 is 11.7 Å². The van der Waals surface area contributed by atoms with Crippen LogP contribution in [-0.4, -0.2) is 22.3 Å². The standard InChI is InChI=1S/C18H19F3N4O/c19-18(20,21)13-7-14(26)23-17-15(13)16(24-25-17)12-5-11(6-12)10-3-1-2-9(4-10)8-22/h1-4,11-13H,5-8,22H2,(H2,23,24,25,26). The number of benzene rings is 1. The molecule has 0 bridgehead atoms. The lowest BCUT2D eigenvalue weighted by Crippen LogP contribution is -2.32. The van der Waals surface area contributed by atoms with Crippen molar-refractivity contribution in [3.05, 3.63) is 46.6 Å². The normalized spacial score (nSPS) is 25.4. The van der Waals surface area contributed by atoms with E-state index in [-0.39, 0.29) is 17.3 Å². The molecule has 26 heavy (non-hydrogen) atoms. The Morgan fingerprint density at radius 3 is 2.69 bits per heavy atom. The molecule has 2 heterocycles. The molecule has 0 spiro atoms. The number of amides is 1. The highest BCUT2D eigenvalue weighted by Crippen LogP contribution is 2.52. The molecular formula is C18H19F3N4O. The third-order valence-corrected chi connectivity index (χ3v) is 5.43. The Balaban J connectivity index is 1.57. The van der Waals surface area contributed by atoms with Crippen molar-refractivity contribution in [2.75, 3.05) is 5.32 Å². The molecule has 1 aromatic heterocycles. The van der Waals surface area contributed by atoms with Gasteiger partial charge in [0.1, 0.15) is 0 Å². The molecule has 0 radical (unpaired) electrons. The van der Waals surface area contributed by atoms with Crippen molar-refractivity contribution in [2.24, 2.45) is 5.73 Å². The van der Waals surface area contributed by atoms with Crippen LogP contribution in [-0.2, 0) is 11.3 Å². The maximum atomic E-state index is 13.4. The highest BCUT2D eigenvalue weighted by Gasteiger charge is 2.49.